The molecule has 3 nitrogen and oxygen atoms in total. The molecular formula is C19H26O3. The summed E-state index contributed by atoms with van der Waals surface area (Å²) in [7, 11) is 0. The fraction of sp³-hybridized carbons (Fsp3) is 0.632. The highest BCUT2D eigenvalue weighted by Gasteiger charge is 2.36. The molecule has 0 aliphatic heterocycles. The van der Waals surface area contributed by atoms with Gasteiger partial charge in [-0.15, -0.1) is 0 Å². The van der Waals surface area contributed by atoms with Gasteiger partial charge in [-0.25, -0.2) is 0 Å². The van der Waals surface area contributed by atoms with Crippen LogP contribution >= 0.6 is 0 Å². The summed E-state index contributed by atoms with van der Waals surface area (Å²) in [6.45, 7) is 0. The second-order valence-electron chi connectivity index (χ2n) is 6.74. The summed E-state index contributed by atoms with van der Waals surface area (Å²) < 4.78 is 5.71. The van der Waals surface area contributed by atoms with E-state index in [-0.39, 0.29) is 23.9 Å². The number of esters is 1. The minimum Gasteiger partial charge on any atom is -0.459 e. The Morgan fingerprint density at radius 1 is 0.955 bits per heavy atom. The van der Waals surface area contributed by atoms with Gasteiger partial charge in [0.2, 0.25) is 0 Å². The summed E-state index contributed by atoms with van der Waals surface area (Å²) in [6, 6.07) is 10.3. The van der Waals surface area contributed by atoms with E-state index in [1.54, 1.807) is 0 Å². The average Bonchev–Trinajstić information content (AvgIpc) is 2.58. The number of aliphatic hydroxyl groups excluding tert-OH is 1. The van der Waals surface area contributed by atoms with Crippen LogP contribution in [0, 0.1) is 5.92 Å². The molecule has 2 saturated carbocycles. The molecule has 2 aliphatic rings. The molecule has 0 aromatic heterocycles. The van der Waals surface area contributed by atoms with E-state index in [9.17, 15) is 9.90 Å². The summed E-state index contributed by atoms with van der Waals surface area (Å²) in [6.07, 6.45) is 7.09. The Morgan fingerprint density at radius 2 is 1.64 bits per heavy atom. The summed E-state index contributed by atoms with van der Waals surface area (Å²) in [4.78, 5) is 12.7. The van der Waals surface area contributed by atoms with Crippen molar-refractivity contribution in [3.8, 4) is 0 Å². The van der Waals surface area contributed by atoms with Crippen molar-refractivity contribution in [2.75, 3.05) is 0 Å². The number of aliphatic hydroxyl groups is 1. The van der Waals surface area contributed by atoms with Crippen molar-refractivity contribution in [3.05, 3.63) is 35.9 Å². The SMILES string of the molecule is O=C(O[C@@H]1CCCC[C@H]1O)[C@H]1CCCC[C@@H]1c1ccccc1. The first kappa shape index (κ1) is 15.5. The molecule has 0 spiro atoms. The molecule has 1 aromatic rings. The summed E-state index contributed by atoms with van der Waals surface area (Å²) in [5.74, 6) is 0.118. The maximum atomic E-state index is 12.7. The van der Waals surface area contributed by atoms with E-state index < -0.39 is 6.10 Å². The lowest BCUT2D eigenvalue weighted by molar-refractivity contribution is -0.164. The van der Waals surface area contributed by atoms with Crippen LogP contribution in [-0.4, -0.2) is 23.3 Å². The third-order valence-corrected chi connectivity index (χ3v) is 5.23. The molecule has 2 aliphatic carbocycles. The molecule has 0 unspecified atom stereocenters. The Kier molecular flexibility index (Phi) is 5.14. The smallest absolute Gasteiger partial charge is 0.309 e. The van der Waals surface area contributed by atoms with Crippen molar-refractivity contribution < 1.29 is 14.6 Å². The molecular weight excluding hydrogens is 276 g/mol. The van der Waals surface area contributed by atoms with Crippen LogP contribution in [0.1, 0.15) is 62.8 Å². The van der Waals surface area contributed by atoms with Gasteiger partial charge in [-0.2, -0.15) is 0 Å². The number of ether oxygens (including phenoxy) is 1. The number of carbonyl (C=O) groups excluding carboxylic acids is 1. The Morgan fingerprint density at radius 3 is 2.41 bits per heavy atom. The minimum atomic E-state index is -0.475. The Labute approximate surface area is 132 Å². The first-order valence-corrected chi connectivity index (χ1v) is 8.69. The van der Waals surface area contributed by atoms with Crippen LogP contribution in [0.15, 0.2) is 30.3 Å². The van der Waals surface area contributed by atoms with Crippen LogP contribution in [0.25, 0.3) is 0 Å². The third-order valence-electron chi connectivity index (χ3n) is 5.23. The second kappa shape index (κ2) is 7.28. The van der Waals surface area contributed by atoms with E-state index in [1.807, 2.05) is 18.2 Å². The number of hydrogen-bond donors (Lipinski definition) is 1. The number of benzene rings is 1. The molecule has 0 radical (unpaired) electrons. The van der Waals surface area contributed by atoms with Crippen molar-refractivity contribution in [2.24, 2.45) is 5.92 Å². The van der Waals surface area contributed by atoms with Gasteiger partial charge in [0, 0.05) is 0 Å². The van der Waals surface area contributed by atoms with Crippen molar-refractivity contribution >= 4 is 5.97 Å². The maximum Gasteiger partial charge on any atom is 0.309 e. The van der Waals surface area contributed by atoms with Crippen LogP contribution < -0.4 is 0 Å². The Bertz CT molecular complexity index is 485. The van der Waals surface area contributed by atoms with Crippen LogP contribution in [0.5, 0.6) is 0 Å². The second-order valence-corrected chi connectivity index (χ2v) is 6.74. The van der Waals surface area contributed by atoms with Gasteiger partial charge in [0.1, 0.15) is 6.10 Å². The number of rotatable bonds is 3. The first-order chi connectivity index (χ1) is 10.8. The van der Waals surface area contributed by atoms with Gasteiger partial charge in [-0.1, -0.05) is 49.6 Å². The zero-order chi connectivity index (χ0) is 15.4. The van der Waals surface area contributed by atoms with Crippen LogP contribution in [-0.2, 0) is 9.53 Å². The molecule has 120 valence electrons. The van der Waals surface area contributed by atoms with Crippen LogP contribution in [0.4, 0.5) is 0 Å². The lowest BCUT2D eigenvalue weighted by Gasteiger charge is -2.33. The summed E-state index contributed by atoms with van der Waals surface area (Å²) in [5, 5.41) is 10.0. The topological polar surface area (TPSA) is 46.5 Å². The molecule has 4 atom stereocenters. The molecule has 22 heavy (non-hydrogen) atoms. The van der Waals surface area contributed by atoms with Crippen molar-refractivity contribution in [3.63, 3.8) is 0 Å². The summed E-state index contributed by atoms with van der Waals surface area (Å²) >= 11 is 0. The van der Waals surface area contributed by atoms with E-state index in [4.69, 9.17) is 4.74 Å². The molecule has 0 amide bonds. The molecule has 1 aromatic carbocycles. The van der Waals surface area contributed by atoms with Crippen LogP contribution in [0.2, 0.25) is 0 Å². The van der Waals surface area contributed by atoms with Gasteiger partial charge in [0.05, 0.1) is 12.0 Å². The highest BCUT2D eigenvalue weighted by Crippen LogP contribution is 2.39. The number of hydrogen-bond acceptors (Lipinski definition) is 3. The first-order valence-electron chi connectivity index (χ1n) is 8.69. The molecule has 0 saturated heterocycles. The average molecular weight is 302 g/mol. The van der Waals surface area contributed by atoms with Gasteiger partial charge >= 0.3 is 5.97 Å². The monoisotopic (exact) mass is 302 g/mol. The predicted octanol–water partition coefficient (Wildman–Crippen LogP) is 3.81. The van der Waals surface area contributed by atoms with E-state index in [2.05, 4.69) is 12.1 Å². The molecule has 3 rings (SSSR count). The van der Waals surface area contributed by atoms with Crippen LogP contribution in [0.3, 0.4) is 0 Å². The molecule has 3 heteroatoms. The van der Waals surface area contributed by atoms with Gasteiger partial charge in [-0.05, 0) is 43.6 Å². The molecule has 1 N–H and O–H groups in total. The molecule has 0 bridgehead atoms. The highest BCUT2D eigenvalue weighted by molar-refractivity contribution is 5.74. The molecule has 0 heterocycles. The van der Waals surface area contributed by atoms with Crippen molar-refractivity contribution in [1.29, 1.82) is 0 Å². The Hall–Kier alpha value is -1.35. The fourth-order valence-corrected chi connectivity index (χ4v) is 3.96. The lowest BCUT2D eigenvalue weighted by atomic mass is 9.75. The van der Waals surface area contributed by atoms with Gasteiger partial charge < -0.3 is 9.84 Å². The van der Waals surface area contributed by atoms with Crippen molar-refractivity contribution in [1.82, 2.24) is 0 Å². The van der Waals surface area contributed by atoms with E-state index in [1.165, 1.54) is 12.0 Å². The third kappa shape index (κ3) is 3.52. The largest absolute Gasteiger partial charge is 0.459 e. The quantitative estimate of drug-likeness (QED) is 0.864. The minimum absolute atomic E-state index is 0.0507. The van der Waals surface area contributed by atoms with E-state index in [0.29, 0.717) is 0 Å². The maximum absolute atomic E-state index is 12.7. The highest BCUT2D eigenvalue weighted by atomic mass is 16.6. The van der Waals surface area contributed by atoms with Gasteiger partial charge in [-0.3, -0.25) is 4.79 Å². The zero-order valence-corrected chi connectivity index (χ0v) is 13.1. The predicted molar refractivity (Wildman–Crippen MR) is 85.5 cm³/mol. The summed E-state index contributed by atoms with van der Waals surface area (Å²) in [5.41, 5.74) is 1.24. The standard InChI is InChI=1S/C19H26O3/c20-17-12-6-7-13-18(17)22-19(21)16-11-5-4-10-15(16)14-8-2-1-3-9-14/h1-3,8-9,15-18,20H,4-7,10-13H2/t15-,16+,17-,18-/m1/s1. The van der Waals surface area contributed by atoms with E-state index >= 15 is 0 Å². The van der Waals surface area contributed by atoms with Gasteiger partial charge in [0.25, 0.3) is 0 Å². The van der Waals surface area contributed by atoms with Gasteiger partial charge in [0.15, 0.2) is 0 Å². The normalized spacial score (nSPS) is 32.4. The Balaban J connectivity index is 1.69. The molecule has 2 fully saturated rings. The zero-order valence-electron chi connectivity index (χ0n) is 13.1. The fourth-order valence-electron chi connectivity index (χ4n) is 3.96. The number of carbonyl (C=O) groups is 1. The van der Waals surface area contributed by atoms with E-state index in [0.717, 1.165) is 44.9 Å². The lowest BCUT2D eigenvalue weighted by Crippen LogP contribution is -2.37. The van der Waals surface area contributed by atoms with Crippen molar-refractivity contribution in [2.45, 2.75) is 69.5 Å².